The Hall–Kier alpha value is -1.40. The fourth-order valence-electron chi connectivity index (χ4n) is 1.68. The van der Waals surface area contributed by atoms with Crippen molar-refractivity contribution < 1.29 is 4.79 Å². The van der Waals surface area contributed by atoms with Gasteiger partial charge in [0.1, 0.15) is 5.15 Å². The van der Waals surface area contributed by atoms with Gasteiger partial charge in [0, 0.05) is 43.1 Å². The second kappa shape index (κ2) is 5.71. The number of halogens is 2. The zero-order valence-corrected chi connectivity index (χ0v) is 12.8. The number of amides is 1. The second-order valence-electron chi connectivity index (χ2n) is 4.18. The van der Waals surface area contributed by atoms with Crippen molar-refractivity contribution in [2.24, 2.45) is 7.05 Å². The minimum absolute atomic E-state index is 0.178. The summed E-state index contributed by atoms with van der Waals surface area (Å²) in [6.07, 6.45) is 5.15. The van der Waals surface area contributed by atoms with E-state index in [9.17, 15) is 4.79 Å². The lowest BCUT2D eigenvalue weighted by Crippen LogP contribution is -2.26. The molecule has 1 amide bonds. The molecule has 2 heterocycles. The average molecular weight is 344 g/mol. The van der Waals surface area contributed by atoms with Crippen LogP contribution in [0.15, 0.2) is 29.1 Å². The molecule has 7 heteroatoms. The highest BCUT2D eigenvalue weighted by molar-refractivity contribution is 9.10. The molecule has 0 spiro atoms. The molecule has 0 unspecified atom stereocenters. The van der Waals surface area contributed by atoms with Gasteiger partial charge in [-0.05, 0) is 22.0 Å². The van der Waals surface area contributed by atoms with Crippen LogP contribution < -0.4 is 0 Å². The zero-order valence-electron chi connectivity index (χ0n) is 10.5. The van der Waals surface area contributed by atoms with Gasteiger partial charge < -0.3 is 4.90 Å². The van der Waals surface area contributed by atoms with Crippen LogP contribution >= 0.6 is 27.5 Å². The lowest BCUT2D eigenvalue weighted by Gasteiger charge is -2.16. The third-order valence-corrected chi connectivity index (χ3v) is 3.30. The molecule has 0 fully saturated rings. The average Bonchev–Trinajstić information content (AvgIpc) is 2.77. The van der Waals surface area contributed by atoms with E-state index in [-0.39, 0.29) is 11.1 Å². The van der Waals surface area contributed by atoms with Gasteiger partial charge in [0.15, 0.2) is 0 Å². The van der Waals surface area contributed by atoms with Gasteiger partial charge in [0.25, 0.3) is 5.91 Å². The summed E-state index contributed by atoms with van der Waals surface area (Å²) in [5, 5.41) is 4.27. The maximum Gasteiger partial charge on any atom is 0.257 e. The predicted octanol–water partition coefficient (Wildman–Crippen LogP) is 2.50. The van der Waals surface area contributed by atoms with Crippen LogP contribution in [0.4, 0.5) is 0 Å². The van der Waals surface area contributed by atoms with Gasteiger partial charge in [0.05, 0.1) is 11.8 Å². The number of pyridine rings is 1. The largest absolute Gasteiger partial charge is 0.337 e. The highest BCUT2D eigenvalue weighted by Gasteiger charge is 2.17. The number of carbonyl (C=O) groups excluding carboxylic acids is 1. The minimum Gasteiger partial charge on any atom is -0.337 e. The summed E-state index contributed by atoms with van der Waals surface area (Å²) < 4.78 is 2.41. The monoisotopic (exact) mass is 342 g/mol. The van der Waals surface area contributed by atoms with Crippen molar-refractivity contribution >= 4 is 33.4 Å². The molecular weight excluding hydrogens is 332 g/mol. The Morgan fingerprint density at radius 1 is 1.53 bits per heavy atom. The van der Waals surface area contributed by atoms with Gasteiger partial charge in [-0.25, -0.2) is 4.98 Å². The third-order valence-electron chi connectivity index (χ3n) is 2.56. The lowest BCUT2D eigenvalue weighted by atomic mass is 10.2. The first-order valence-corrected chi connectivity index (χ1v) is 6.68. The van der Waals surface area contributed by atoms with Gasteiger partial charge in [-0.2, -0.15) is 5.10 Å². The number of hydrogen-bond donors (Lipinski definition) is 0. The van der Waals surface area contributed by atoms with Crippen LogP contribution in [0, 0.1) is 0 Å². The first-order chi connectivity index (χ1) is 8.97. The van der Waals surface area contributed by atoms with Gasteiger partial charge >= 0.3 is 0 Å². The predicted molar refractivity (Wildman–Crippen MR) is 76.0 cm³/mol. The number of nitrogens with zero attached hydrogens (tertiary/aromatic N) is 4. The van der Waals surface area contributed by atoms with Crippen LogP contribution in [-0.4, -0.2) is 32.6 Å². The molecule has 2 aromatic heterocycles. The van der Waals surface area contributed by atoms with E-state index >= 15 is 0 Å². The molecule has 5 nitrogen and oxygen atoms in total. The molecule has 0 bridgehead atoms. The van der Waals surface area contributed by atoms with E-state index in [0.29, 0.717) is 12.1 Å². The van der Waals surface area contributed by atoms with Crippen molar-refractivity contribution in [2.75, 3.05) is 7.05 Å². The smallest absolute Gasteiger partial charge is 0.257 e. The Bertz CT molecular complexity index is 614. The first kappa shape index (κ1) is 14.0. The Morgan fingerprint density at radius 2 is 2.26 bits per heavy atom. The van der Waals surface area contributed by atoms with Crippen molar-refractivity contribution in [3.05, 3.63) is 45.4 Å². The molecule has 19 heavy (non-hydrogen) atoms. The first-order valence-electron chi connectivity index (χ1n) is 5.51. The molecule has 2 aromatic rings. The van der Waals surface area contributed by atoms with E-state index in [1.807, 2.05) is 13.2 Å². The second-order valence-corrected chi connectivity index (χ2v) is 5.45. The molecule has 0 atom stereocenters. The summed E-state index contributed by atoms with van der Waals surface area (Å²) in [5.41, 5.74) is 1.33. The van der Waals surface area contributed by atoms with Crippen LogP contribution in [-0.2, 0) is 13.6 Å². The molecule has 0 N–H and O–H groups in total. The van der Waals surface area contributed by atoms with E-state index in [0.717, 1.165) is 10.0 Å². The quantitative estimate of drug-likeness (QED) is 0.805. The summed E-state index contributed by atoms with van der Waals surface area (Å²) in [6, 6.07) is 1.66. The van der Waals surface area contributed by atoms with Crippen molar-refractivity contribution in [1.82, 2.24) is 19.7 Å². The summed E-state index contributed by atoms with van der Waals surface area (Å²) in [7, 11) is 3.55. The molecule has 0 aliphatic carbocycles. The van der Waals surface area contributed by atoms with Crippen LogP contribution in [0.3, 0.4) is 0 Å². The lowest BCUT2D eigenvalue weighted by molar-refractivity contribution is 0.0785. The fourth-order valence-corrected chi connectivity index (χ4v) is 2.19. The Balaban J connectivity index is 2.16. The number of hydrogen-bond acceptors (Lipinski definition) is 3. The van der Waals surface area contributed by atoms with E-state index in [1.54, 1.807) is 35.1 Å². The van der Waals surface area contributed by atoms with Gasteiger partial charge in [-0.3, -0.25) is 9.48 Å². The molecule has 0 aromatic carbocycles. The summed E-state index contributed by atoms with van der Waals surface area (Å²) >= 11 is 9.23. The van der Waals surface area contributed by atoms with Crippen molar-refractivity contribution in [3.63, 3.8) is 0 Å². The molecule has 0 aliphatic heterocycles. The molecule has 0 radical (unpaired) electrons. The molecule has 0 saturated heterocycles. The van der Waals surface area contributed by atoms with Crippen molar-refractivity contribution in [1.29, 1.82) is 0 Å². The summed E-state index contributed by atoms with van der Waals surface area (Å²) in [6.45, 7) is 0.468. The number of rotatable bonds is 3. The highest BCUT2D eigenvalue weighted by Crippen LogP contribution is 2.20. The van der Waals surface area contributed by atoms with Crippen LogP contribution in [0.5, 0.6) is 0 Å². The van der Waals surface area contributed by atoms with E-state index < -0.39 is 0 Å². The fraction of sp³-hybridized carbons (Fsp3) is 0.250. The maximum absolute atomic E-state index is 12.3. The standard InChI is InChI=1S/C12H12BrClN4O/c1-17(6-8-4-16-18(2)7-8)12(19)10-3-9(13)5-15-11(10)14/h3-5,7H,6H2,1-2H3. The number of aromatic nitrogens is 3. The van der Waals surface area contributed by atoms with Crippen LogP contribution in [0.2, 0.25) is 5.15 Å². The highest BCUT2D eigenvalue weighted by atomic mass is 79.9. The number of aryl methyl sites for hydroxylation is 1. The van der Waals surface area contributed by atoms with Crippen molar-refractivity contribution in [3.8, 4) is 0 Å². The van der Waals surface area contributed by atoms with Crippen molar-refractivity contribution in [2.45, 2.75) is 6.54 Å². The van der Waals surface area contributed by atoms with Crippen LogP contribution in [0.25, 0.3) is 0 Å². The topological polar surface area (TPSA) is 51.0 Å². The van der Waals surface area contributed by atoms with Crippen LogP contribution in [0.1, 0.15) is 15.9 Å². The SMILES string of the molecule is CN(Cc1cnn(C)c1)C(=O)c1cc(Br)cnc1Cl. The van der Waals surface area contributed by atoms with Gasteiger partial charge in [-0.1, -0.05) is 11.6 Å². The van der Waals surface area contributed by atoms with Gasteiger partial charge in [-0.15, -0.1) is 0 Å². The normalized spacial score (nSPS) is 10.5. The zero-order chi connectivity index (χ0) is 14.0. The third kappa shape index (κ3) is 3.33. The van der Waals surface area contributed by atoms with E-state index in [4.69, 9.17) is 11.6 Å². The molecule has 0 aliphatic rings. The molecule has 100 valence electrons. The Kier molecular flexibility index (Phi) is 4.21. The molecule has 0 saturated carbocycles. The maximum atomic E-state index is 12.3. The number of carbonyl (C=O) groups is 1. The minimum atomic E-state index is -0.178. The summed E-state index contributed by atoms with van der Waals surface area (Å²) in [4.78, 5) is 17.8. The van der Waals surface area contributed by atoms with Gasteiger partial charge in [0.2, 0.25) is 0 Å². The van der Waals surface area contributed by atoms with E-state index in [2.05, 4.69) is 26.0 Å². The Labute approximate surface area is 124 Å². The van der Waals surface area contributed by atoms with E-state index in [1.165, 1.54) is 0 Å². The molecule has 2 rings (SSSR count). The summed E-state index contributed by atoms with van der Waals surface area (Å²) in [5.74, 6) is -0.178. The molecular formula is C12H12BrClN4O. The Morgan fingerprint density at radius 3 is 2.89 bits per heavy atom.